The van der Waals surface area contributed by atoms with E-state index in [1.807, 2.05) is 55.9 Å². The van der Waals surface area contributed by atoms with Crippen LogP contribution >= 0.6 is 11.6 Å². The lowest BCUT2D eigenvalue weighted by molar-refractivity contribution is 0.0767. The fourth-order valence-corrected chi connectivity index (χ4v) is 2.86. The third kappa shape index (κ3) is 2.60. The number of ether oxygens (including phenoxy) is 1. The quantitative estimate of drug-likeness (QED) is 0.717. The fraction of sp³-hybridized carbons (Fsp3) is 0.294. The summed E-state index contributed by atoms with van der Waals surface area (Å²) in [5, 5.41) is 0.705. The number of imidazole rings is 1. The number of benzene rings is 1. The van der Waals surface area contributed by atoms with E-state index in [0.29, 0.717) is 11.6 Å². The van der Waals surface area contributed by atoms with Crippen molar-refractivity contribution in [3.8, 4) is 11.4 Å². The van der Waals surface area contributed by atoms with Crippen molar-refractivity contribution < 1.29 is 4.74 Å². The predicted octanol–water partition coefficient (Wildman–Crippen LogP) is 4.39. The van der Waals surface area contributed by atoms with Gasteiger partial charge in [0.2, 0.25) is 0 Å². The van der Waals surface area contributed by atoms with E-state index >= 15 is 0 Å². The molecule has 2 aromatic heterocycles. The van der Waals surface area contributed by atoms with Crippen molar-refractivity contribution in [1.29, 1.82) is 0 Å². The maximum absolute atomic E-state index is 6.10. The molecule has 1 aromatic carbocycles. The van der Waals surface area contributed by atoms with Crippen molar-refractivity contribution in [3.05, 3.63) is 47.2 Å². The van der Waals surface area contributed by atoms with Crippen molar-refractivity contribution in [1.82, 2.24) is 14.5 Å². The van der Waals surface area contributed by atoms with Gasteiger partial charge in [0, 0.05) is 36.6 Å². The zero-order valence-corrected chi connectivity index (χ0v) is 13.6. The summed E-state index contributed by atoms with van der Waals surface area (Å²) >= 11 is 6.10. The Morgan fingerprint density at radius 3 is 2.91 bits per heavy atom. The van der Waals surface area contributed by atoms with Crippen LogP contribution < -0.4 is 0 Å². The molecule has 0 N–H and O–H groups in total. The zero-order chi connectivity index (χ0) is 15.7. The predicted molar refractivity (Wildman–Crippen MR) is 89.0 cm³/mol. The Kier molecular flexibility index (Phi) is 4.14. The maximum atomic E-state index is 6.10. The second-order valence-electron chi connectivity index (χ2n) is 5.19. The van der Waals surface area contributed by atoms with Crippen molar-refractivity contribution in [3.63, 3.8) is 0 Å². The molecule has 0 radical (unpaired) electrons. The molecular formula is C17H18ClN3O. The molecule has 0 amide bonds. The van der Waals surface area contributed by atoms with Crippen molar-refractivity contribution in [2.45, 2.75) is 20.0 Å². The standard InChI is InChI=1S/C17H18ClN3O/c1-4-22-11(2)13-7-8-19-10-14(13)17-20-15-6-5-12(18)9-16(15)21(17)3/h5-11H,4H2,1-3H3. The van der Waals surface area contributed by atoms with Gasteiger partial charge in [0.25, 0.3) is 0 Å². The van der Waals surface area contributed by atoms with Gasteiger partial charge in [0.05, 0.1) is 17.1 Å². The largest absolute Gasteiger partial charge is 0.374 e. The Morgan fingerprint density at radius 2 is 2.14 bits per heavy atom. The first kappa shape index (κ1) is 15.0. The molecule has 1 unspecified atom stereocenters. The van der Waals surface area contributed by atoms with Gasteiger partial charge in [0.1, 0.15) is 5.82 Å². The van der Waals surface area contributed by atoms with E-state index in [0.717, 1.165) is 28.0 Å². The molecule has 3 aromatic rings. The molecule has 5 heteroatoms. The average Bonchev–Trinajstić information content (AvgIpc) is 2.84. The van der Waals surface area contributed by atoms with Gasteiger partial charge >= 0.3 is 0 Å². The van der Waals surface area contributed by atoms with Crippen LogP contribution in [-0.4, -0.2) is 21.1 Å². The van der Waals surface area contributed by atoms with Crippen LogP contribution in [0.4, 0.5) is 0 Å². The molecule has 0 bridgehead atoms. The minimum atomic E-state index is -0.00796. The molecule has 0 aliphatic rings. The highest BCUT2D eigenvalue weighted by atomic mass is 35.5. The minimum absolute atomic E-state index is 0.00796. The Bertz CT molecular complexity index is 813. The first-order valence-corrected chi connectivity index (χ1v) is 7.67. The fourth-order valence-electron chi connectivity index (χ4n) is 2.69. The minimum Gasteiger partial charge on any atom is -0.374 e. The summed E-state index contributed by atoms with van der Waals surface area (Å²) in [7, 11) is 1.99. The Balaban J connectivity index is 2.18. The monoisotopic (exact) mass is 315 g/mol. The number of pyridine rings is 1. The van der Waals surface area contributed by atoms with E-state index in [1.165, 1.54) is 0 Å². The molecule has 0 aliphatic heterocycles. The van der Waals surface area contributed by atoms with E-state index < -0.39 is 0 Å². The first-order chi connectivity index (χ1) is 10.6. The Hall–Kier alpha value is -1.91. The third-order valence-corrected chi connectivity index (χ3v) is 4.03. The molecule has 0 fully saturated rings. The lowest BCUT2D eigenvalue weighted by Gasteiger charge is -2.15. The number of fused-ring (bicyclic) bond motifs is 1. The van der Waals surface area contributed by atoms with Crippen LogP contribution in [0.3, 0.4) is 0 Å². The van der Waals surface area contributed by atoms with E-state index in [9.17, 15) is 0 Å². The smallest absolute Gasteiger partial charge is 0.142 e. The number of aryl methyl sites for hydroxylation is 1. The van der Waals surface area contributed by atoms with Crippen LogP contribution in [0.15, 0.2) is 36.7 Å². The third-order valence-electron chi connectivity index (χ3n) is 3.79. The number of nitrogens with zero attached hydrogens (tertiary/aromatic N) is 3. The van der Waals surface area contributed by atoms with Crippen molar-refractivity contribution in [2.75, 3.05) is 6.61 Å². The maximum Gasteiger partial charge on any atom is 0.142 e. The van der Waals surface area contributed by atoms with Gasteiger partial charge in [-0.2, -0.15) is 0 Å². The van der Waals surface area contributed by atoms with Gasteiger partial charge in [-0.3, -0.25) is 4.98 Å². The van der Waals surface area contributed by atoms with Crippen LogP contribution in [0.5, 0.6) is 0 Å². The normalized spacial score (nSPS) is 12.7. The van der Waals surface area contributed by atoms with Gasteiger partial charge in [-0.15, -0.1) is 0 Å². The Labute approximate surface area is 134 Å². The summed E-state index contributed by atoms with van der Waals surface area (Å²) < 4.78 is 7.78. The molecule has 114 valence electrons. The highest BCUT2D eigenvalue weighted by Gasteiger charge is 2.17. The summed E-state index contributed by atoms with van der Waals surface area (Å²) in [6, 6.07) is 7.70. The van der Waals surface area contributed by atoms with E-state index in [-0.39, 0.29) is 6.10 Å². The van der Waals surface area contributed by atoms with E-state index in [1.54, 1.807) is 6.20 Å². The molecule has 22 heavy (non-hydrogen) atoms. The van der Waals surface area contributed by atoms with E-state index in [4.69, 9.17) is 21.3 Å². The number of halogens is 1. The van der Waals surface area contributed by atoms with Crippen LogP contribution in [0.2, 0.25) is 5.02 Å². The van der Waals surface area contributed by atoms with Crippen LogP contribution in [0.1, 0.15) is 25.5 Å². The van der Waals surface area contributed by atoms with E-state index in [2.05, 4.69) is 4.98 Å². The number of hydrogen-bond acceptors (Lipinski definition) is 3. The molecule has 4 nitrogen and oxygen atoms in total. The SMILES string of the molecule is CCOC(C)c1ccncc1-c1nc2ccc(Cl)cc2n1C. The molecule has 0 spiro atoms. The summed E-state index contributed by atoms with van der Waals surface area (Å²) in [5.74, 6) is 0.868. The van der Waals surface area contributed by atoms with Gasteiger partial charge in [0.15, 0.2) is 0 Å². The van der Waals surface area contributed by atoms with Crippen molar-refractivity contribution in [2.24, 2.45) is 7.05 Å². The molecular weight excluding hydrogens is 298 g/mol. The second kappa shape index (κ2) is 6.07. The van der Waals surface area contributed by atoms with Crippen LogP contribution in [0.25, 0.3) is 22.4 Å². The Morgan fingerprint density at radius 1 is 1.32 bits per heavy atom. The van der Waals surface area contributed by atoms with Crippen molar-refractivity contribution >= 4 is 22.6 Å². The summed E-state index contributed by atoms with van der Waals surface area (Å²) in [4.78, 5) is 8.99. The van der Waals surface area contributed by atoms with Gasteiger partial charge in [-0.25, -0.2) is 4.98 Å². The van der Waals surface area contributed by atoms with Gasteiger partial charge < -0.3 is 9.30 Å². The number of rotatable bonds is 4. The summed E-state index contributed by atoms with van der Waals surface area (Å²) in [5.41, 5.74) is 3.99. The van der Waals surface area contributed by atoms with Crippen LogP contribution in [-0.2, 0) is 11.8 Å². The molecule has 0 saturated heterocycles. The lowest BCUT2D eigenvalue weighted by atomic mass is 10.1. The number of aromatic nitrogens is 3. The first-order valence-electron chi connectivity index (χ1n) is 7.29. The molecule has 0 aliphatic carbocycles. The second-order valence-corrected chi connectivity index (χ2v) is 5.62. The topological polar surface area (TPSA) is 39.9 Å². The highest BCUT2D eigenvalue weighted by molar-refractivity contribution is 6.31. The number of hydrogen-bond donors (Lipinski definition) is 0. The van der Waals surface area contributed by atoms with Crippen LogP contribution in [0, 0.1) is 0 Å². The molecule has 3 rings (SSSR count). The molecule has 1 atom stereocenters. The zero-order valence-electron chi connectivity index (χ0n) is 12.9. The summed E-state index contributed by atoms with van der Waals surface area (Å²) in [6.45, 7) is 4.71. The molecule has 2 heterocycles. The van der Waals surface area contributed by atoms with Gasteiger partial charge in [-0.1, -0.05) is 11.6 Å². The average molecular weight is 316 g/mol. The molecule has 0 saturated carbocycles. The van der Waals surface area contributed by atoms with Gasteiger partial charge in [-0.05, 0) is 43.7 Å². The summed E-state index contributed by atoms with van der Waals surface area (Å²) in [6.07, 6.45) is 3.62. The highest BCUT2D eigenvalue weighted by Crippen LogP contribution is 2.31. The lowest BCUT2D eigenvalue weighted by Crippen LogP contribution is -2.04.